The maximum absolute atomic E-state index is 12.7. The summed E-state index contributed by atoms with van der Waals surface area (Å²) in [6, 6.07) is 10.4. The summed E-state index contributed by atoms with van der Waals surface area (Å²) in [4.78, 5) is 14.7. The van der Waals surface area contributed by atoms with Gasteiger partial charge in [-0.05, 0) is 24.0 Å². The molecular formula is C20H28N2O. The minimum atomic E-state index is 0.237. The first-order valence-corrected chi connectivity index (χ1v) is 8.93. The first-order valence-electron chi connectivity index (χ1n) is 8.93. The lowest BCUT2D eigenvalue weighted by atomic mass is 9.97. The number of hydrogen-bond donors (Lipinski definition) is 0. The largest absolute Gasteiger partial charge is 0.312 e. The quantitative estimate of drug-likeness (QED) is 0.632. The second kappa shape index (κ2) is 8.72. The first-order chi connectivity index (χ1) is 11.2. The molecule has 1 heterocycles. The van der Waals surface area contributed by atoms with Crippen LogP contribution in [0.1, 0.15) is 70.3 Å². The van der Waals surface area contributed by atoms with Crippen LogP contribution in [0.4, 0.5) is 5.69 Å². The van der Waals surface area contributed by atoms with Crippen molar-refractivity contribution in [3.8, 4) is 6.07 Å². The van der Waals surface area contributed by atoms with Crippen molar-refractivity contribution in [1.82, 2.24) is 0 Å². The molecule has 0 N–H and O–H groups in total. The third-order valence-electron chi connectivity index (χ3n) is 4.80. The van der Waals surface area contributed by atoms with Crippen LogP contribution < -0.4 is 4.90 Å². The van der Waals surface area contributed by atoms with Gasteiger partial charge in [0.15, 0.2) is 0 Å². The Hall–Kier alpha value is -1.82. The number of carbonyl (C=O) groups excluding carboxylic acids is 1. The highest BCUT2D eigenvalue weighted by Gasteiger charge is 2.31. The van der Waals surface area contributed by atoms with Crippen molar-refractivity contribution in [1.29, 1.82) is 5.26 Å². The van der Waals surface area contributed by atoms with E-state index in [1.165, 1.54) is 24.8 Å². The maximum atomic E-state index is 12.7. The van der Waals surface area contributed by atoms with Crippen molar-refractivity contribution in [3.63, 3.8) is 0 Å². The molecule has 2 atom stereocenters. The number of rotatable bonds is 8. The van der Waals surface area contributed by atoms with Crippen LogP contribution in [0.2, 0.25) is 0 Å². The fourth-order valence-electron chi connectivity index (χ4n) is 3.47. The molecule has 2 unspecified atom stereocenters. The zero-order valence-electron chi connectivity index (χ0n) is 14.4. The molecule has 0 aromatic heterocycles. The Morgan fingerprint density at radius 1 is 1.39 bits per heavy atom. The van der Waals surface area contributed by atoms with Gasteiger partial charge in [-0.3, -0.25) is 4.79 Å². The van der Waals surface area contributed by atoms with E-state index in [0.29, 0.717) is 24.7 Å². The molecule has 1 aromatic carbocycles. The number of fused-ring (bicyclic) bond motifs is 1. The lowest BCUT2D eigenvalue weighted by Gasteiger charge is -2.20. The SMILES string of the molecule is CCCCCC(C)CC(=O)N1CC(CCC#N)c2ccccc21. The van der Waals surface area contributed by atoms with Gasteiger partial charge in [0, 0.05) is 31.0 Å². The number of unbranched alkanes of at least 4 members (excludes halogenated alkanes) is 2. The average Bonchev–Trinajstić information content (AvgIpc) is 2.92. The van der Waals surface area contributed by atoms with Crippen molar-refractivity contribution in [3.05, 3.63) is 29.8 Å². The minimum absolute atomic E-state index is 0.237. The molecule has 23 heavy (non-hydrogen) atoms. The first kappa shape index (κ1) is 17.5. The van der Waals surface area contributed by atoms with Crippen molar-refractivity contribution >= 4 is 11.6 Å². The van der Waals surface area contributed by atoms with Crippen molar-refractivity contribution < 1.29 is 4.79 Å². The van der Waals surface area contributed by atoms with Crippen LogP contribution in [0.5, 0.6) is 0 Å². The van der Waals surface area contributed by atoms with E-state index < -0.39 is 0 Å². The monoisotopic (exact) mass is 312 g/mol. The number of amides is 1. The summed E-state index contributed by atoms with van der Waals surface area (Å²) in [5, 5.41) is 8.84. The van der Waals surface area contributed by atoms with Gasteiger partial charge in [0.1, 0.15) is 0 Å². The molecule has 0 radical (unpaired) electrons. The van der Waals surface area contributed by atoms with E-state index in [-0.39, 0.29) is 5.91 Å². The molecule has 1 amide bonds. The lowest BCUT2D eigenvalue weighted by molar-refractivity contribution is -0.119. The number of hydrogen-bond acceptors (Lipinski definition) is 2. The topological polar surface area (TPSA) is 44.1 Å². The summed E-state index contributed by atoms with van der Waals surface area (Å²) in [5.74, 6) is 0.991. The van der Waals surface area contributed by atoms with Gasteiger partial charge in [0.2, 0.25) is 5.91 Å². The number of anilines is 1. The van der Waals surface area contributed by atoms with E-state index in [1.807, 2.05) is 23.1 Å². The van der Waals surface area contributed by atoms with Crippen LogP contribution in [0.15, 0.2) is 24.3 Å². The smallest absolute Gasteiger partial charge is 0.227 e. The van der Waals surface area contributed by atoms with Crippen LogP contribution >= 0.6 is 0 Å². The van der Waals surface area contributed by atoms with Crippen LogP contribution in [-0.2, 0) is 4.79 Å². The summed E-state index contributed by atoms with van der Waals surface area (Å²) in [6.45, 7) is 5.13. The van der Waals surface area contributed by atoms with Crippen LogP contribution in [0.25, 0.3) is 0 Å². The van der Waals surface area contributed by atoms with Crippen molar-refractivity contribution in [2.75, 3.05) is 11.4 Å². The number of nitrogens with zero attached hydrogens (tertiary/aromatic N) is 2. The van der Waals surface area contributed by atoms with Crippen molar-refractivity contribution in [2.24, 2.45) is 5.92 Å². The molecule has 0 bridgehead atoms. The highest BCUT2D eigenvalue weighted by atomic mass is 16.2. The standard InChI is InChI=1S/C20H28N2O/c1-3-4-5-9-16(2)14-20(23)22-15-17(10-8-13-21)18-11-6-7-12-19(18)22/h6-7,11-12,16-17H,3-5,8-10,14-15H2,1-2H3. The van der Waals surface area contributed by atoms with Crippen LogP contribution in [-0.4, -0.2) is 12.5 Å². The highest BCUT2D eigenvalue weighted by molar-refractivity contribution is 5.96. The summed E-state index contributed by atoms with van der Waals surface area (Å²) in [6.07, 6.45) is 6.84. The van der Waals surface area contributed by atoms with Gasteiger partial charge in [0.05, 0.1) is 6.07 Å². The van der Waals surface area contributed by atoms with E-state index in [9.17, 15) is 4.79 Å². The Bertz CT molecular complexity index is 561. The molecule has 1 aliphatic rings. The van der Waals surface area contributed by atoms with Gasteiger partial charge >= 0.3 is 0 Å². The molecule has 3 nitrogen and oxygen atoms in total. The summed E-state index contributed by atoms with van der Waals surface area (Å²) >= 11 is 0. The summed E-state index contributed by atoms with van der Waals surface area (Å²) in [7, 11) is 0. The van der Waals surface area contributed by atoms with Gasteiger partial charge in [-0.25, -0.2) is 0 Å². The van der Waals surface area contributed by atoms with Gasteiger partial charge in [0.25, 0.3) is 0 Å². The Kier molecular flexibility index (Phi) is 6.65. The van der Waals surface area contributed by atoms with Crippen LogP contribution in [0.3, 0.4) is 0 Å². The van der Waals surface area contributed by atoms with E-state index in [0.717, 1.165) is 25.1 Å². The molecule has 0 aliphatic carbocycles. The molecule has 3 heteroatoms. The molecule has 1 aliphatic heterocycles. The fraction of sp³-hybridized carbons (Fsp3) is 0.600. The third-order valence-corrected chi connectivity index (χ3v) is 4.80. The molecule has 0 saturated carbocycles. The molecule has 0 spiro atoms. The van der Waals surface area contributed by atoms with Gasteiger partial charge < -0.3 is 4.90 Å². The summed E-state index contributed by atoms with van der Waals surface area (Å²) < 4.78 is 0. The maximum Gasteiger partial charge on any atom is 0.227 e. The zero-order chi connectivity index (χ0) is 16.7. The lowest BCUT2D eigenvalue weighted by Crippen LogP contribution is -2.31. The van der Waals surface area contributed by atoms with Crippen LogP contribution in [0, 0.1) is 17.2 Å². The van der Waals surface area contributed by atoms with Gasteiger partial charge in [-0.15, -0.1) is 0 Å². The second-order valence-corrected chi connectivity index (χ2v) is 6.76. The molecule has 0 fully saturated rings. The predicted octanol–water partition coefficient (Wildman–Crippen LogP) is 5.03. The zero-order valence-corrected chi connectivity index (χ0v) is 14.4. The Labute approximate surface area is 140 Å². The fourth-order valence-corrected chi connectivity index (χ4v) is 3.47. The minimum Gasteiger partial charge on any atom is -0.312 e. The normalized spacial score (nSPS) is 17.6. The molecule has 0 saturated heterocycles. The number of benzene rings is 1. The van der Waals surface area contributed by atoms with E-state index in [1.54, 1.807) is 0 Å². The Morgan fingerprint density at radius 2 is 2.17 bits per heavy atom. The molecule has 2 rings (SSSR count). The Balaban J connectivity index is 1.99. The van der Waals surface area contributed by atoms with E-state index in [4.69, 9.17) is 5.26 Å². The van der Waals surface area contributed by atoms with E-state index in [2.05, 4.69) is 26.0 Å². The number of nitriles is 1. The Morgan fingerprint density at radius 3 is 2.91 bits per heavy atom. The number of carbonyl (C=O) groups is 1. The molecular weight excluding hydrogens is 284 g/mol. The highest BCUT2D eigenvalue weighted by Crippen LogP contribution is 2.39. The molecule has 1 aromatic rings. The van der Waals surface area contributed by atoms with E-state index >= 15 is 0 Å². The summed E-state index contributed by atoms with van der Waals surface area (Å²) in [5.41, 5.74) is 2.29. The predicted molar refractivity (Wildman–Crippen MR) is 94.3 cm³/mol. The van der Waals surface area contributed by atoms with Gasteiger partial charge in [-0.1, -0.05) is 57.7 Å². The van der Waals surface area contributed by atoms with Crippen molar-refractivity contribution in [2.45, 2.75) is 64.7 Å². The second-order valence-electron chi connectivity index (χ2n) is 6.76. The van der Waals surface area contributed by atoms with Gasteiger partial charge in [-0.2, -0.15) is 5.26 Å². The third kappa shape index (κ3) is 4.58. The number of para-hydroxylation sites is 1. The average molecular weight is 312 g/mol. The molecule has 124 valence electrons.